The lowest BCUT2D eigenvalue weighted by molar-refractivity contribution is 0.289. The van der Waals surface area contributed by atoms with E-state index in [4.69, 9.17) is 10.1 Å². The van der Waals surface area contributed by atoms with Crippen LogP contribution in [0, 0.1) is 11.3 Å². The molecule has 1 N–H and O–H groups in total. The Hall–Kier alpha value is -0.790. The van der Waals surface area contributed by atoms with Crippen LogP contribution in [0.15, 0.2) is 11.3 Å². The van der Waals surface area contributed by atoms with Gasteiger partial charge in [0.2, 0.25) is 0 Å². The SMILES string of the molecule is CO/C(C)=C(/C=N)C1CC1. The van der Waals surface area contributed by atoms with Gasteiger partial charge in [-0.2, -0.15) is 0 Å². The average molecular weight is 139 g/mol. The molecule has 0 aromatic rings. The first-order valence-electron chi connectivity index (χ1n) is 3.54. The van der Waals surface area contributed by atoms with Crippen molar-refractivity contribution in [1.29, 1.82) is 5.41 Å². The Balaban J connectivity index is 2.69. The molecule has 1 rings (SSSR count). The van der Waals surface area contributed by atoms with Crippen LogP contribution in [0.2, 0.25) is 0 Å². The topological polar surface area (TPSA) is 33.1 Å². The molecule has 1 aliphatic carbocycles. The molecule has 0 aliphatic heterocycles. The molecule has 0 unspecified atom stereocenters. The van der Waals surface area contributed by atoms with Crippen molar-refractivity contribution in [2.75, 3.05) is 7.11 Å². The fourth-order valence-electron chi connectivity index (χ4n) is 1.02. The molecule has 10 heavy (non-hydrogen) atoms. The van der Waals surface area contributed by atoms with Crippen molar-refractivity contribution < 1.29 is 4.74 Å². The summed E-state index contributed by atoms with van der Waals surface area (Å²) < 4.78 is 5.03. The van der Waals surface area contributed by atoms with Crippen LogP contribution in [-0.2, 0) is 4.74 Å². The lowest BCUT2D eigenvalue weighted by atomic mass is 10.1. The van der Waals surface area contributed by atoms with Crippen molar-refractivity contribution in [3.05, 3.63) is 11.3 Å². The number of hydrogen-bond donors (Lipinski definition) is 1. The summed E-state index contributed by atoms with van der Waals surface area (Å²) >= 11 is 0. The maximum Gasteiger partial charge on any atom is 0.0974 e. The van der Waals surface area contributed by atoms with Gasteiger partial charge in [-0.25, -0.2) is 0 Å². The van der Waals surface area contributed by atoms with Crippen LogP contribution in [0.25, 0.3) is 0 Å². The third-order valence-electron chi connectivity index (χ3n) is 1.89. The van der Waals surface area contributed by atoms with Crippen molar-refractivity contribution in [2.45, 2.75) is 19.8 Å². The molecule has 2 nitrogen and oxygen atoms in total. The maximum absolute atomic E-state index is 7.10. The second kappa shape index (κ2) is 2.86. The van der Waals surface area contributed by atoms with Gasteiger partial charge in [0.1, 0.15) is 0 Å². The molecule has 0 aromatic carbocycles. The third kappa shape index (κ3) is 1.38. The first-order chi connectivity index (χ1) is 4.79. The van der Waals surface area contributed by atoms with Gasteiger partial charge in [-0.05, 0) is 25.7 Å². The average Bonchev–Trinajstić information content (AvgIpc) is 2.73. The van der Waals surface area contributed by atoms with E-state index in [1.165, 1.54) is 19.1 Å². The Morgan fingerprint density at radius 1 is 1.60 bits per heavy atom. The van der Waals surface area contributed by atoms with Gasteiger partial charge in [-0.15, -0.1) is 0 Å². The molecular formula is C8H13NO. The van der Waals surface area contributed by atoms with Gasteiger partial charge in [-0.1, -0.05) is 0 Å². The zero-order valence-corrected chi connectivity index (χ0v) is 6.48. The lowest BCUT2D eigenvalue weighted by Gasteiger charge is -2.03. The predicted octanol–water partition coefficient (Wildman–Crippen LogP) is 1.97. The predicted molar refractivity (Wildman–Crippen MR) is 41.2 cm³/mol. The highest BCUT2D eigenvalue weighted by Crippen LogP contribution is 2.36. The molecule has 0 radical (unpaired) electrons. The zero-order valence-electron chi connectivity index (χ0n) is 6.48. The minimum absolute atomic E-state index is 0.623. The van der Waals surface area contributed by atoms with E-state index >= 15 is 0 Å². The lowest BCUT2D eigenvalue weighted by Crippen LogP contribution is -1.93. The van der Waals surface area contributed by atoms with Crippen LogP contribution < -0.4 is 0 Å². The highest BCUT2D eigenvalue weighted by molar-refractivity contribution is 5.77. The largest absolute Gasteiger partial charge is 0.501 e. The van der Waals surface area contributed by atoms with Crippen LogP contribution in [0.5, 0.6) is 0 Å². The van der Waals surface area contributed by atoms with Crippen LogP contribution in [0.3, 0.4) is 0 Å². The summed E-state index contributed by atoms with van der Waals surface area (Å²) in [6.07, 6.45) is 3.87. The van der Waals surface area contributed by atoms with Crippen LogP contribution in [0.1, 0.15) is 19.8 Å². The van der Waals surface area contributed by atoms with E-state index in [1.54, 1.807) is 7.11 Å². The fourth-order valence-corrected chi connectivity index (χ4v) is 1.02. The number of allylic oxidation sites excluding steroid dienone is 2. The van der Waals surface area contributed by atoms with Gasteiger partial charge >= 0.3 is 0 Å². The number of ether oxygens (including phenoxy) is 1. The van der Waals surface area contributed by atoms with Gasteiger partial charge in [-0.3, -0.25) is 0 Å². The number of rotatable bonds is 3. The summed E-state index contributed by atoms with van der Waals surface area (Å²) in [6.45, 7) is 1.92. The van der Waals surface area contributed by atoms with Crippen LogP contribution in [-0.4, -0.2) is 13.3 Å². The molecule has 0 aromatic heterocycles. The summed E-state index contributed by atoms with van der Waals surface area (Å²) in [5, 5.41) is 7.10. The monoisotopic (exact) mass is 139 g/mol. The zero-order chi connectivity index (χ0) is 7.56. The van der Waals surface area contributed by atoms with Crippen molar-refractivity contribution in [3.8, 4) is 0 Å². The van der Waals surface area contributed by atoms with Crippen LogP contribution in [0.4, 0.5) is 0 Å². The molecular weight excluding hydrogens is 126 g/mol. The van der Waals surface area contributed by atoms with Crippen LogP contribution >= 0.6 is 0 Å². The Kier molecular flexibility index (Phi) is 2.10. The van der Waals surface area contributed by atoms with Crippen molar-refractivity contribution in [2.24, 2.45) is 5.92 Å². The fraction of sp³-hybridized carbons (Fsp3) is 0.625. The first kappa shape index (κ1) is 7.32. The molecule has 0 spiro atoms. The van der Waals surface area contributed by atoms with E-state index in [0.717, 1.165) is 11.3 Å². The Bertz CT molecular complexity index is 168. The normalized spacial score (nSPS) is 19.8. The standard InChI is InChI=1S/C8H13NO/c1-6(10-2)8(5-9)7-3-4-7/h5,7,9H,3-4H2,1-2H3/b8-6-,9-5?. The summed E-state index contributed by atoms with van der Waals surface area (Å²) in [7, 11) is 1.65. The van der Waals surface area contributed by atoms with Crippen molar-refractivity contribution in [3.63, 3.8) is 0 Å². The van der Waals surface area contributed by atoms with E-state index in [2.05, 4.69) is 0 Å². The highest BCUT2D eigenvalue weighted by Gasteiger charge is 2.26. The van der Waals surface area contributed by atoms with Crippen molar-refractivity contribution >= 4 is 6.21 Å². The molecule has 1 fully saturated rings. The summed E-state index contributed by atoms with van der Waals surface area (Å²) in [5.74, 6) is 1.52. The number of methoxy groups -OCH3 is 1. The van der Waals surface area contributed by atoms with E-state index < -0.39 is 0 Å². The Morgan fingerprint density at radius 2 is 2.20 bits per heavy atom. The molecule has 0 saturated heterocycles. The number of hydrogen-bond acceptors (Lipinski definition) is 2. The third-order valence-corrected chi connectivity index (χ3v) is 1.89. The molecule has 0 amide bonds. The Morgan fingerprint density at radius 3 is 2.50 bits per heavy atom. The molecule has 1 aliphatic rings. The van der Waals surface area contributed by atoms with E-state index in [1.807, 2.05) is 6.92 Å². The first-order valence-corrected chi connectivity index (χ1v) is 3.54. The molecule has 2 heteroatoms. The quantitative estimate of drug-likeness (QED) is 0.470. The van der Waals surface area contributed by atoms with E-state index in [9.17, 15) is 0 Å². The number of nitrogens with one attached hydrogen (secondary N) is 1. The molecule has 56 valence electrons. The minimum atomic E-state index is 0.623. The van der Waals surface area contributed by atoms with E-state index in [0.29, 0.717) is 5.92 Å². The summed E-state index contributed by atoms with van der Waals surface area (Å²) in [4.78, 5) is 0. The van der Waals surface area contributed by atoms with E-state index in [-0.39, 0.29) is 0 Å². The van der Waals surface area contributed by atoms with Gasteiger partial charge in [0, 0.05) is 11.8 Å². The summed E-state index contributed by atoms with van der Waals surface area (Å²) in [6, 6.07) is 0. The molecule has 0 heterocycles. The summed E-state index contributed by atoms with van der Waals surface area (Å²) in [5.41, 5.74) is 1.07. The minimum Gasteiger partial charge on any atom is -0.501 e. The Labute approximate surface area is 61.4 Å². The molecule has 1 saturated carbocycles. The second-order valence-electron chi connectivity index (χ2n) is 2.63. The highest BCUT2D eigenvalue weighted by atomic mass is 16.5. The molecule has 0 bridgehead atoms. The molecule has 0 atom stereocenters. The maximum atomic E-state index is 7.10. The van der Waals surface area contributed by atoms with Gasteiger partial charge < -0.3 is 10.1 Å². The van der Waals surface area contributed by atoms with Gasteiger partial charge in [0.05, 0.1) is 12.9 Å². The van der Waals surface area contributed by atoms with Gasteiger partial charge in [0.25, 0.3) is 0 Å². The van der Waals surface area contributed by atoms with Gasteiger partial charge in [0.15, 0.2) is 0 Å². The second-order valence-corrected chi connectivity index (χ2v) is 2.63. The van der Waals surface area contributed by atoms with Crippen molar-refractivity contribution in [1.82, 2.24) is 0 Å². The smallest absolute Gasteiger partial charge is 0.0974 e.